The van der Waals surface area contributed by atoms with Crippen LogP contribution in [0.5, 0.6) is 0 Å². The van der Waals surface area contributed by atoms with Crippen molar-refractivity contribution in [1.29, 1.82) is 0 Å². The Hall–Kier alpha value is -1.77. The molecule has 2 amide bonds. The molecule has 0 saturated carbocycles. The van der Waals surface area contributed by atoms with Crippen molar-refractivity contribution in [1.82, 2.24) is 15.1 Å². The number of halogens is 3. The number of hydrogen-bond donors (Lipinski definition) is 2. The third-order valence-electron chi connectivity index (χ3n) is 3.38. The molecule has 1 unspecified atom stereocenters. The minimum Gasteiger partial charge on any atom is -0.375 e. The number of alkyl halides is 3. The molecule has 2 rings (SSSR count). The van der Waals surface area contributed by atoms with Gasteiger partial charge in [-0.05, 0) is 26.7 Å². The van der Waals surface area contributed by atoms with Crippen LogP contribution in [-0.4, -0.2) is 34.1 Å². The second-order valence-corrected chi connectivity index (χ2v) is 5.96. The Morgan fingerprint density at radius 3 is 2.77 bits per heavy atom. The molecule has 0 bridgehead atoms. The lowest BCUT2D eigenvalue weighted by Crippen LogP contribution is -2.47. The van der Waals surface area contributed by atoms with Gasteiger partial charge in [0.1, 0.15) is 0 Å². The molecule has 1 aliphatic rings. The van der Waals surface area contributed by atoms with Crippen molar-refractivity contribution < 1.29 is 22.7 Å². The van der Waals surface area contributed by atoms with Crippen LogP contribution in [-0.2, 0) is 18.0 Å². The van der Waals surface area contributed by atoms with Crippen molar-refractivity contribution in [3.8, 4) is 0 Å². The molecular formula is C13H19F3N4O2. The summed E-state index contributed by atoms with van der Waals surface area (Å²) in [6, 6.07) is -0.823. The summed E-state index contributed by atoms with van der Waals surface area (Å²) in [7, 11) is 1.36. The smallest absolute Gasteiger partial charge is 0.375 e. The van der Waals surface area contributed by atoms with E-state index in [0.717, 1.165) is 10.9 Å². The third-order valence-corrected chi connectivity index (χ3v) is 3.38. The number of hydrogen-bond acceptors (Lipinski definition) is 3. The number of carbonyl (C=O) groups is 1. The van der Waals surface area contributed by atoms with E-state index in [-0.39, 0.29) is 17.3 Å². The number of aryl methyl sites for hydroxylation is 1. The Morgan fingerprint density at radius 1 is 1.50 bits per heavy atom. The lowest BCUT2D eigenvalue weighted by Gasteiger charge is -2.35. The molecule has 9 heteroatoms. The predicted molar refractivity (Wildman–Crippen MR) is 73.4 cm³/mol. The van der Waals surface area contributed by atoms with E-state index in [1.54, 1.807) is 0 Å². The maximum absolute atomic E-state index is 12.8. The van der Waals surface area contributed by atoms with Gasteiger partial charge < -0.3 is 15.4 Å². The number of nitrogens with zero attached hydrogens (tertiary/aromatic N) is 2. The fourth-order valence-electron chi connectivity index (χ4n) is 2.49. The van der Waals surface area contributed by atoms with Gasteiger partial charge >= 0.3 is 12.2 Å². The maximum Gasteiger partial charge on any atom is 0.437 e. The van der Waals surface area contributed by atoms with Crippen molar-refractivity contribution in [3.05, 3.63) is 11.9 Å². The van der Waals surface area contributed by atoms with Gasteiger partial charge in [-0.2, -0.15) is 18.3 Å². The number of nitrogens with one attached hydrogen (secondary N) is 2. The van der Waals surface area contributed by atoms with Crippen LogP contribution in [0.2, 0.25) is 0 Å². The summed E-state index contributed by atoms with van der Waals surface area (Å²) in [5.74, 6) is 0. The van der Waals surface area contributed by atoms with Crippen LogP contribution in [0.15, 0.2) is 6.20 Å². The molecule has 124 valence electrons. The van der Waals surface area contributed by atoms with Crippen LogP contribution in [0.3, 0.4) is 0 Å². The van der Waals surface area contributed by atoms with Crippen LogP contribution in [0, 0.1) is 0 Å². The van der Waals surface area contributed by atoms with Gasteiger partial charge in [0.15, 0.2) is 5.69 Å². The van der Waals surface area contributed by atoms with E-state index in [9.17, 15) is 18.0 Å². The molecule has 1 saturated heterocycles. The number of carbonyl (C=O) groups excluding carboxylic acids is 1. The van der Waals surface area contributed by atoms with Crippen molar-refractivity contribution in [2.45, 2.75) is 44.5 Å². The fourth-order valence-corrected chi connectivity index (χ4v) is 2.49. The molecule has 0 radical (unpaired) electrons. The van der Waals surface area contributed by atoms with Gasteiger partial charge in [0.25, 0.3) is 0 Å². The SMILES string of the molecule is Cn1cc(NC(=O)NC2CCOC(C)(C)C2)c(C(F)(F)F)n1. The van der Waals surface area contributed by atoms with E-state index in [4.69, 9.17) is 4.74 Å². The maximum atomic E-state index is 12.8. The molecular weight excluding hydrogens is 301 g/mol. The van der Waals surface area contributed by atoms with Gasteiger partial charge in [-0.3, -0.25) is 4.68 Å². The molecule has 2 N–H and O–H groups in total. The monoisotopic (exact) mass is 320 g/mol. The van der Waals surface area contributed by atoms with Gasteiger partial charge in [0.05, 0.1) is 11.3 Å². The Morgan fingerprint density at radius 2 is 2.18 bits per heavy atom. The number of urea groups is 1. The Bertz CT molecular complexity index is 554. The van der Waals surface area contributed by atoms with Crippen LogP contribution >= 0.6 is 0 Å². The number of amides is 2. The summed E-state index contributed by atoms with van der Waals surface area (Å²) in [5.41, 5.74) is -1.84. The second-order valence-electron chi connectivity index (χ2n) is 5.96. The Balaban J connectivity index is 2.01. The summed E-state index contributed by atoms with van der Waals surface area (Å²) < 4.78 is 45.0. The van der Waals surface area contributed by atoms with Crippen LogP contribution in [0.25, 0.3) is 0 Å². The first-order valence-corrected chi connectivity index (χ1v) is 6.89. The summed E-state index contributed by atoms with van der Waals surface area (Å²) in [4.78, 5) is 11.9. The third kappa shape index (κ3) is 4.12. The quantitative estimate of drug-likeness (QED) is 0.880. The molecule has 1 atom stereocenters. The molecule has 0 aliphatic carbocycles. The lowest BCUT2D eigenvalue weighted by molar-refractivity contribution is -0.140. The first kappa shape index (κ1) is 16.6. The van der Waals surface area contributed by atoms with Gasteiger partial charge in [-0.1, -0.05) is 0 Å². The fraction of sp³-hybridized carbons (Fsp3) is 0.692. The van der Waals surface area contributed by atoms with Gasteiger partial charge in [0, 0.05) is 25.9 Å². The normalized spacial score (nSPS) is 21.5. The van der Waals surface area contributed by atoms with Crippen LogP contribution in [0.1, 0.15) is 32.4 Å². The molecule has 1 fully saturated rings. The summed E-state index contributed by atoms with van der Waals surface area (Å²) in [5, 5.41) is 8.23. The average molecular weight is 320 g/mol. The number of ether oxygens (including phenoxy) is 1. The zero-order chi connectivity index (χ0) is 16.5. The highest BCUT2D eigenvalue weighted by Gasteiger charge is 2.38. The average Bonchev–Trinajstić information content (AvgIpc) is 2.68. The largest absolute Gasteiger partial charge is 0.437 e. The molecule has 1 aliphatic heterocycles. The molecule has 22 heavy (non-hydrogen) atoms. The summed E-state index contributed by atoms with van der Waals surface area (Å²) in [6.07, 6.45) is -2.28. The van der Waals surface area contributed by atoms with Crippen molar-refractivity contribution in [2.75, 3.05) is 11.9 Å². The van der Waals surface area contributed by atoms with Crippen LogP contribution < -0.4 is 10.6 Å². The molecule has 0 aromatic carbocycles. The highest BCUT2D eigenvalue weighted by Crippen LogP contribution is 2.33. The Labute approximate surface area is 126 Å². The molecule has 1 aromatic rings. The minimum atomic E-state index is -4.62. The summed E-state index contributed by atoms with van der Waals surface area (Å²) in [6.45, 7) is 4.31. The van der Waals surface area contributed by atoms with Crippen molar-refractivity contribution >= 4 is 11.7 Å². The minimum absolute atomic E-state index is 0.144. The molecule has 1 aromatic heterocycles. The van der Waals surface area contributed by atoms with Gasteiger partial charge in [-0.25, -0.2) is 4.79 Å². The van der Waals surface area contributed by atoms with E-state index < -0.39 is 17.9 Å². The topological polar surface area (TPSA) is 68.2 Å². The first-order chi connectivity index (χ1) is 10.1. The van der Waals surface area contributed by atoms with Gasteiger partial charge in [-0.15, -0.1) is 0 Å². The number of aromatic nitrogens is 2. The van der Waals surface area contributed by atoms with E-state index in [2.05, 4.69) is 15.7 Å². The molecule has 2 heterocycles. The molecule has 6 nitrogen and oxygen atoms in total. The zero-order valence-electron chi connectivity index (χ0n) is 12.6. The highest BCUT2D eigenvalue weighted by atomic mass is 19.4. The number of anilines is 1. The second kappa shape index (κ2) is 5.79. The standard InChI is InChI=1S/C13H19F3N4O2/c1-12(2)6-8(4-5-22-12)17-11(21)18-9-7-20(3)19-10(9)13(14,15)16/h7-8H,4-6H2,1-3H3,(H2,17,18,21). The van der Waals surface area contributed by atoms with E-state index in [1.165, 1.54) is 7.05 Å². The number of rotatable bonds is 2. The Kier molecular flexibility index (Phi) is 4.37. The van der Waals surface area contributed by atoms with Crippen molar-refractivity contribution in [3.63, 3.8) is 0 Å². The lowest BCUT2D eigenvalue weighted by atomic mass is 9.94. The van der Waals surface area contributed by atoms with Gasteiger partial charge in [0.2, 0.25) is 0 Å². The predicted octanol–water partition coefficient (Wildman–Crippen LogP) is 2.52. The zero-order valence-corrected chi connectivity index (χ0v) is 12.6. The van der Waals surface area contributed by atoms with E-state index in [0.29, 0.717) is 19.4 Å². The van der Waals surface area contributed by atoms with E-state index in [1.807, 2.05) is 13.8 Å². The first-order valence-electron chi connectivity index (χ1n) is 6.89. The van der Waals surface area contributed by atoms with Crippen molar-refractivity contribution in [2.24, 2.45) is 7.05 Å². The summed E-state index contributed by atoms with van der Waals surface area (Å²) >= 11 is 0. The van der Waals surface area contributed by atoms with Crippen LogP contribution in [0.4, 0.5) is 23.7 Å². The molecule has 0 spiro atoms. The van der Waals surface area contributed by atoms with E-state index >= 15 is 0 Å². The highest BCUT2D eigenvalue weighted by molar-refractivity contribution is 5.90.